The van der Waals surface area contributed by atoms with Gasteiger partial charge < -0.3 is 4.74 Å². The quantitative estimate of drug-likeness (QED) is 0.487. The molecule has 0 saturated heterocycles. The van der Waals surface area contributed by atoms with Gasteiger partial charge in [-0.15, -0.1) is 12.3 Å². The Morgan fingerprint density at radius 3 is 2.71 bits per heavy atom. The van der Waals surface area contributed by atoms with Crippen molar-refractivity contribution in [2.45, 2.75) is 13.3 Å². The average Bonchev–Trinajstić information content (AvgIpc) is 2.03. The fraction of sp³-hybridized carbons (Fsp3) is 0.571. The van der Waals surface area contributed by atoms with Crippen LogP contribution < -0.4 is 9.44 Å². The SMILES string of the molecule is C#CCCNS(=O)(=O)NC(=O)OCC. The molecule has 0 aliphatic carbocycles. The van der Waals surface area contributed by atoms with Crippen LogP contribution in [0.1, 0.15) is 13.3 Å². The minimum Gasteiger partial charge on any atom is -0.449 e. The molecule has 6 nitrogen and oxygen atoms in total. The zero-order valence-corrected chi connectivity index (χ0v) is 8.56. The molecule has 0 saturated carbocycles. The standard InChI is InChI=1S/C7H12N2O4S/c1-3-5-6-8-14(11,12)9-7(10)13-4-2/h1,8H,4-6H2,2H3,(H,9,10). The normalized spacial score (nSPS) is 10.3. The molecule has 14 heavy (non-hydrogen) atoms. The molecule has 0 aliphatic heterocycles. The third-order valence-electron chi connectivity index (χ3n) is 1.05. The highest BCUT2D eigenvalue weighted by atomic mass is 32.2. The van der Waals surface area contributed by atoms with Crippen LogP contribution in [0.5, 0.6) is 0 Å². The molecule has 0 bridgehead atoms. The Kier molecular flexibility index (Phi) is 5.67. The summed E-state index contributed by atoms with van der Waals surface area (Å²) < 4.78 is 30.1. The molecular formula is C7H12N2O4S. The van der Waals surface area contributed by atoms with E-state index in [1.54, 1.807) is 11.6 Å². The summed E-state index contributed by atoms with van der Waals surface area (Å²) in [4.78, 5) is 10.7. The summed E-state index contributed by atoms with van der Waals surface area (Å²) in [5.74, 6) is 2.25. The topological polar surface area (TPSA) is 84.5 Å². The van der Waals surface area contributed by atoms with E-state index >= 15 is 0 Å². The van der Waals surface area contributed by atoms with E-state index in [1.807, 2.05) is 0 Å². The molecule has 0 rings (SSSR count). The Balaban J connectivity index is 3.96. The van der Waals surface area contributed by atoms with Gasteiger partial charge >= 0.3 is 16.3 Å². The van der Waals surface area contributed by atoms with E-state index in [2.05, 4.69) is 15.4 Å². The van der Waals surface area contributed by atoms with Crippen molar-refractivity contribution in [3.05, 3.63) is 0 Å². The summed E-state index contributed by atoms with van der Waals surface area (Å²) in [6.45, 7) is 1.74. The Morgan fingerprint density at radius 2 is 2.21 bits per heavy atom. The van der Waals surface area contributed by atoms with Gasteiger partial charge in [0.05, 0.1) is 6.61 Å². The number of hydrogen-bond donors (Lipinski definition) is 2. The fourth-order valence-electron chi connectivity index (χ4n) is 0.564. The van der Waals surface area contributed by atoms with Gasteiger partial charge in [0.1, 0.15) is 0 Å². The number of carbonyl (C=O) groups is 1. The predicted molar refractivity (Wildman–Crippen MR) is 50.5 cm³/mol. The smallest absolute Gasteiger partial charge is 0.421 e. The predicted octanol–water partition coefficient (Wildman–Crippen LogP) is -0.410. The molecule has 2 N–H and O–H groups in total. The maximum atomic E-state index is 11.0. The summed E-state index contributed by atoms with van der Waals surface area (Å²) in [5.41, 5.74) is 0. The largest absolute Gasteiger partial charge is 0.449 e. The summed E-state index contributed by atoms with van der Waals surface area (Å²) in [7, 11) is -3.85. The molecule has 0 radical (unpaired) electrons. The van der Waals surface area contributed by atoms with E-state index < -0.39 is 16.3 Å². The van der Waals surface area contributed by atoms with Crippen molar-refractivity contribution in [2.75, 3.05) is 13.2 Å². The Bertz CT molecular complexity index is 317. The van der Waals surface area contributed by atoms with Crippen molar-refractivity contribution in [3.63, 3.8) is 0 Å². The highest BCUT2D eigenvalue weighted by Gasteiger charge is 2.13. The van der Waals surface area contributed by atoms with Crippen LogP contribution in [0.25, 0.3) is 0 Å². The highest BCUT2D eigenvalue weighted by Crippen LogP contribution is 1.82. The van der Waals surface area contributed by atoms with Gasteiger partial charge in [-0.2, -0.15) is 13.1 Å². The van der Waals surface area contributed by atoms with Crippen LogP contribution in [0.4, 0.5) is 4.79 Å². The van der Waals surface area contributed by atoms with Gasteiger partial charge in [-0.1, -0.05) is 0 Å². The van der Waals surface area contributed by atoms with Gasteiger partial charge in [0.2, 0.25) is 0 Å². The average molecular weight is 220 g/mol. The number of terminal acetylenes is 1. The lowest BCUT2D eigenvalue weighted by atomic mass is 10.5. The summed E-state index contributed by atoms with van der Waals surface area (Å²) in [6.07, 6.45) is 4.15. The molecule has 7 heteroatoms. The number of rotatable bonds is 5. The van der Waals surface area contributed by atoms with E-state index in [4.69, 9.17) is 6.42 Å². The monoisotopic (exact) mass is 220 g/mol. The van der Waals surface area contributed by atoms with Gasteiger partial charge in [-0.25, -0.2) is 9.52 Å². The van der Waals surface area contributed by atoms with Crippen molar-refractivity contribution in [3.8, 4) is 12.3 Å². The van der Waals surface area contributed by atoms with Crippen LogP contribution >= 0.6 is 0 Å². The number of amides is 1. The van der Waals surface area contributed by atoms with Gasteiger partial charge in [0.15, 0.2) is 0 Å². The molecule has 80 valence electrons. The van der Waals surface area contributed by atoms with Crippen LogP contribution in [-0.2, 0) is 14.9 Å². The third-order valence-corrected chi connectivity index (χ3v) is 2.07. The van der Waals surface area contributed by atoms with Gasteiger partial charge in [0.25, 0.3) is 0 Å². The molecule has 0 atom stereocenters. The van der Waals surface area contributed by atoms with Crippen molar-refractivity contribution in [1.29, 1.82) is 0 Å². The summed E-state index contributed by atoms with van der Waals surface area (Å²) in [5, 5.41) is 0. The first-order chi connectivity index (χ1) is 6.52. The van der Waals surface area contributed by atoms with Gasteiger partial charge in [-0.3, -0.25) is 0 Å². The lowest BCUT2D eigenvalue weighted by Gasteiger charge is -2.06. The van der Waals surface area contributed by atoms with E-state index in [0.29, 0.717) is 0 Å². The number of ether oxygens (including phenoxy) is 1. The molecule has 0 spiro atoms. The van der Waals surface area contributed by atoms with E-state index in [0.717, 1.165) is 0 Å². The molecular weight excluding hydrogens is 208 g/mol. The van der Waals surface area contributed by atoms with Crippen molar-refractivity contribution >= 4 is 16.3 Å². The second kappa shape index (κ2) is 6.23. The summed E-state index contributed by atoms with van der Waals surface area (Å²) in [6, 6.07) is 0. The number of hydrogen-bond acceptors (Lipinski definition) is 4. The van der Waals surface area contributed by atoms with Crippen LogP contribution in [0.3, 0.4) is 0 Å². The molecule has 0 aromatic rings. The lowest BCUT2D eigenvalue weighted by molar-refractivity contribution is 0.158. The van der Waals surface area contributed by atoms with E-state index in [9.17, 15) is 13.2 Å². The van der Waals surface area contributed by atoms with E-state index in [-0.39, 0.29) is 19.6 Å². The molecule has 0 aliphatic rings. The first-order valence-corrected chi connectivity index (χ1v) is 5.37. The zero-order valence-electron chi connectivity index (χ0n) is 7.74. The molecule has 0 aromatic carbocycles. The zero-order chi connectivity index (χ0) is 11.0. The maximum Gasteiger partial charge on any atom is 0.421 e. The van der Waals surface area contributed by atoms with Crippen LogP contribution in [0.15, 0.2) is 0 Å². The second-order valence-corrected chi connectivity index (χ2v) is 3.67. The minimum absolute atomic E-state index is 0.0746. The first-order valence-electron chi connectivity index (χ1n) is 3.89. The lowest BCUT2D eigenvalue weighted by Crippen LogP contribution is -2.40. The third kappa shape index (κ3) is 6.28. The van der Waals surface area contributed by atoms with Gasteiger partial charge in [-0.05, 0) is 6.92 Å². The van der Waals surface area contributed by atoms with Crippen molar-refractivity contribution in [1.82, 2.24) is 9.44 Å². The molecule has 0 fully saturated rings. The fourth-order valence-corrected chi connectivity index (χ4v) is 1.29. The Labute approximate surface area is 83.2 Å². The van der Waals surface area contributed by atoms with Crippen molar-refractivity contribution in [2.24, 2.45) is 0 Å². The Morgan fingerprint density at radius 1 is 1.57 bits per heavy atom. The highest BCUT2D eigenvalue weighted by molar-refractivity contribution is 7.88. The molecule has 0 unspecified atom stereocenters. The molecule has 0 aromatic heterocycles. The van der Waals surface area contributed by atoms with Crippen LogP contribution in [0, 0.1) is 12.3 Å². The molecule has 0 heterocycles. The first kappa shape index (κ1) is 12.7. The second-order valence-electron chi connectivity index (χ2n) is 2.17. The van der Waals surface area contributed by atoms with Crippen LogP contribution in [0.2, 0.25) is 0 Å². The van der Waals surface area contributed by atoms with Gasteiger partial charge in [0, 0.05) is 13.0 Å². The van der Waals surface area contributed by atoms with Crippen LogP contribution in [-0.4, -0.2) is 27.7 Å². The minimum atomic E-state index is -3.85. The Hall–Kier alpha value is -1.26. The maximum absolute atomic E-state index is 11.0. The summed E-state index contributed by atoms with van der Waals surface area (Å²) >= 11 is 0. The molecule has 1 amide bonds. The van der Waals surface area contributed by atoms with E-state index in [1.165, 1.54) is 0 Å². The number of carbonyl (C=O) groups excluding carboxylic acids is 1. The van der Waals surface area contributed by atoms with Crippen molar-refractivity contribution < 1.29 is 17.9 Å². The number of nitrogens with one attached hydrogen (secondary N) is 2.